The first-order valence-corrected chi connectivity index (χ1v) is 6.43. The predicted molar refractivity (Wildman–Crippen MR) is 63.9 cm³/mol. The van der Waals surface area contributed by atoms with E-state index in [-0.39, 0.29) is 0 Å². The van der Waals surface area contributed by atoms with Crippen LogP contribution >= 0.6 is 0 Å². The standard InChI is InChI=1S/C14H21O2/c15-13(16)14(9-5-2-6-10-14)11-12-7-3-1-4-8-12/h1,3,5,12H,2,4,6-11H2,(H,15,16). The van der Waals surface area contributed by atoms with Crippen LogP contribution in [0.5, 0.6) is 0 Å². The molecule has 2 aliphatic rings. The van der Waals surface area contributed by atoms with Gasteiger partial charge in [0, 0.05) is 0 Å². The predicted octanol–water partition coefficient (Wildman–Crippen LogP) is 3.58. The minimum atomic E-state index is -0.571. The van der Waals surface area contributed by atoms with Crippen LogP contribution in [0.4, 0.5) is 0 Å². The van der Waals surface area contributed by atoms with Gasteiger partial charge in [-0.15, -0.1) is 0 Å². The molecule has 1 saturated carbocycles. The van der Waals surface area contributed by atoms with Crippen LogP contribution in [0.1, 0.15) is 51.4 Å². The number of carboxylic acid groups (broad SMARTS) is 1. The van der Waals surface area contributed by atoms with Crippen molar-refractivity contribution >= 4 is 5.97 Å². The normalized spacial score (nSPS) is 28.9. The van der Waals surface area contributed by atoms with Crippen molar-refractivity contribution < 1.29 is 9.90 Å². The fourth-order valence-corrected chi connectivity index (χ4v) is 3.13. The maximum atomic E-state index is 11.5. The zero-order valence-electron chi connectivity index (χ0n) is 9.82. The first-order valence-electron chi connectivity index (χ1n) is 6.43. The summed E-state index contributed by atoms with van der Waals surface area (Å²) in [4.78, 5) is 11.5. The molecule has 0 amide bonds. The molecule has 0 heterocycles. The number of rotatable bonds is 3. The highest BCUT2D eigenvalue weighted by atomic mass is 16.4. The molecular weight excluding hydrogens is 200 g/mol. The number of aliphatic carboxylic acids is 1. The molecule has 0 aliphatic heterocycles. The van der Waals surface area contributed by atoms with Crippen molar-refractivity contribution in [3.05, 3.63) is 18.6 Å². The first-order chi connectivity index (χ1) is 7.73. The molecule has 1 radical (unpaired) electrons. The van der Waals surface area contributed by atoms with Crippen LogP contribution in [0.25, 0.3) is 0 Å². The molecule has 0 aromatic rings. The van der Waals surface area contributed by atoms with E-state index in [1.807, 2.05) is 0 Å². The molecular formula is C14H21O2. The third kappa shape index (κ3) is 2.47. The Morgan fingerprint density at radius 1 is 1.38 bits per heavy atom. The van der Waals surface area contributed by atoms with Crippen molar-refractivity contribution in [2.75, 3.05) is 0 Å². The van der Waals surface area contributed by atoms with E-state index in [1.165, 1.54) is 6.42 Å². The average Bonchev–Trinajstić information content (AvgIpc) is 2.31. The molecule has 2 aliphatic carbocycles. The Bertz CT molecular complexity index is 274. The lowest BCUT2D eigenvalue weighted by Crippen LogP contribution is -2.35. The van der Waals surface area contributed by atoms with Crippen molar-refractivity contribution in [1.82, 2.24) is 0 Å². The van der Waals surface area contributed by atoms with Crippen LogP contribution < -0.4 is 0 Å². The van der Waals surface area contributed by atoms with Gasteiger partial charge in [0.2, 0.25) is 0 Å². The molecule has 2 rings (SSSR count). The molecule has 0 aromatic heterocycles. The molecule has 1 N–H and O–H groups in total. The maximum absolute atomic E-state index is 11.5. The Morgan fingerprint density at radius 2 is 2.25 bits per heavy atom. The average molecular weight is 221 g/mol. The minimum Gasteiger partial charge on any atom is -0.481 e. The third-order valence-corrected chi connectivity index (χ3v) is 4.11. The quantitative estimate of drug-likeness (QED) is 0.739. The molecule has 1 fully saturated rings. The van der Waals surface area contributed by atoms with Gasteiger partial charge in [-0.3, -0.25) is 4.79 Å². The summed E-state index contributed by atoms with van der Waals surface area (Å²) in [6.07, 6.45) is 14.7. The second-order valence-electron chi connectivity index (χ2n) is 5.33. The van der Waals surface area contributed by atoms with Crippen molar-refractivity contribution in [3.8, 4) is 0 Å². The highest BCUT2D eigenvalue weighted by Gasteiger charge is 2.41. The van der Waals surface area contributed by atoms with Crippen LogP contribution in [-0.2, 0) is 4.79 Å². The zero-order valence-corrected chi connectivity index (χ0v) is 9.82. The largest absolute Gasteiger partial charge is 0.481 e. The van der Waals surface area contributed by atoms with Gasteiger partial charge in [-0.1, -0.05) is 25.0 Å². The van der Waals surface area contributed by atoms with Gasteiger partial charge in [0.25, 0.3) is 0 Å². The molecule has 2 heteroatoms. The molecule has 0 bridgehead atoms. The van der Waals surface area contributed by atoms with Crippen LogP contribution in [0, 0.1) is 17.8 Å². The minimum absolute atomic E-state index is 0.436. The molecule has 2 unspecified atom stereocenters. The van der Waals surface area contributed by atoms with E-state index in [1.54, 1.807) is 0 Å². The van der Waals surface area contributed by atoms with Gasteiger partial charge in [0.05, 0.1) is 5.41 Å². The Kier molecular flexibility index (Phi) is 3.67. The molecule has 89 valence electrons. The van der Waals surface area contributed by atoms with Crippen LogP contribution in [0.2, 0.25) is 0 Å². The van der Waals surface area contributed by atoms with Gasteiger partial charge < -0.3 is 5.11 Å². The summed E-state index contributed by atoms with van der Waals surface area (Å²) < 4.78 is 0. The highest BCUT2D eigenvalue weighted by molar-refractivity contribution is 5.75. The van der Waals surface area contributed by atoms with Crippen molar-refractivity contribution in [3.63, 3.8) is 0 Å². The number of allylic oxidation sites excluding steroid dienone is 2. The molecule has 0 aromatic carbocycles. The second-order valence-corrected chi connectivity index (χ2v) is 5.33. The van der Waals surface area contributed by atoms with Crippen molar-refractivity contribution in [1.29, 1.82) is 0 Å². The summed E-state index contributed by atoms with van der Waals surface area (Å²) in [7, 11) is 0. The lowest BCUT2D eigenvalue weighted by Gasteiger charge is -2.36. The summed E-state index contributed by atoms with van der Waals surface area (Å²) in [5, 5.41) is 9.48. The monoisotopic (exact) mass is 221 g/mol. The van der Waals surface area contributed by atoms with Gasteiger partial charge in [0.15, 0.2) is 0 Å². The maximum Gasteiger partial charge on any atom is 0.309 e. The van der Waals surface area contributed by atoms with E-state index in [0.717, 1.165) is 44.9 Å². The zero-order chi connectivity index (χ0) is 11.4. The Balaban J connectivity index is 2.01. The Morgan fingerprint density at radius 3 is 2.81 bits per heavy atom. The lowest BCUT2D eigenvalue weighted by atomic mass is 9.67. The van der Waals surface area contributed by atoms with E-state index in [9.17, 15) is 9.90 Å². The van der Waals surface area contributed by atoms with Crippen molar-refractivity contribution in [2.24, 2.45) is 11.3 Å². The second kappa shape index (κ2) is 5.03. The van der Waals surface area contributed by atoms with Gasteiger partial charge in [-0.25, -0.2) is 0 Å². The third-order valence-electron chi connectivity index (χ3n) is 4.11. The van der Waals surface area contributed by atoms with E-state index >= 15 is 0 Å². The van der Waals surface area contributed by atoms with Gasteiger partial charge in [0.1, 0.15) is 0 Å². The fraction of sp³-hybridized carbons (Fsp3) is 0.714. The Hall–Kier alpha value is -0.790. The van der Waals surface area contributed by atoms with E-state index in [4.69, 9.17) is 0 Å². The van der Waals surface area contributed by atoms with Crippen LogP contribution in [-0.4, -0.2) is 11.1 Å². The Labute approximate surface area is 97.7 Å². The molecule has 0 spiro atoms. The topological polar surface area (TPSA) is 37.3 Å². The lowest BCUT2D eigenvalue weighted by molar-refractivity contribution is -0.151. The molecule has 16 heavy (non-hydrogen) atoms. The number of hydrogen-bond acceptors (Lipinski definition) is 1. The van der Waals surface area contributed by atoms with Gasteiger partial charge >= 0.3 is 5.97 Å². The summed E-state index contributed by atoms with van der Waals surface area (Å²) in [6.45, 7) is 0. The molecule has 0 saturated heterocycles. The van der Waals surface area contributed by atoms with Crippen molar-refractivity contribution in [2.45, 2.75) is 51.4 Å². The van der Waals surface area contributed by atoms with Gasteiger partial charge in [-0.2, -0.15) is 0 Å². The number of carboxylic acids is 1. The van der Waals surface area contributed by atoms with Gasteiger partial charge in [-0.05, 0) is 50.9 Å². The smallest absolute Gasteiger partial charge is 0.309 e. The summed E-state index contributed by atoms with van der Waals surface area (Å²) in [5.74, 6) is 0.0191. The van der Waals surface area contributed by atoms with E-state index in [2.05, 4.69) is 18.6 Å². The first kappa shape index (κ1) is 11.7. The number of hydrogen-bond donors (Lipinski definition) is 1. The summed E-state index contributed by atoms with van der Waals surface area (Å²) >= 11 is 0. The van der Waals surface area contributed by atoms with E-state index in [0.29, 0.717) is 5.92 Å². The van der Waals surface area contributed by atoms with Crippen LogP contribution in [0.3, 0.4) is 0 Å². The van der Waals surface area contributed by atoms with Crippen LogP contribution in [0.15, 0.2) is 12.2 Å². The summed E-state index contributed by atoms with van der Waals surface area (Å²) in [5.41, 5.74) is -0.436. The molecule has 2 nitrogen and oxygen atoms in total. The fourth-order valence-electron chi connectivity index (χ4n) is 3.13. The number of carbonyl (C=O) groups is 1. The van der Waals surface area contributed by atoms with E-state index < -0.39 is 11.4 Å². The highest BCUT2D eigenvalue weighted by Crippen LogP contribution is 2.43. The molecule has 2 atom stereocenters. The summed E-state index contributed by atoms with van der Waals surface area (Å²) in [6, 6.07) is 0. The SMILES string of the molecule is O=C(O)C1(CC2CC=CCC2)C[CH]CCC1.